The molecule has 1 aliphatic heterocycles. The number of benzene rings is 1. The largest absolute Gasteiger partial charge is 0.349 e. The molecule has 2 aromatic rings. The number of nitrogens with zero attached hydrogens (tertiary/aromatic N) is 3. The van der Waals surface area contributed by atoms with Gasteiger partial charge in [-0.25, -0.2) is 0 Å². The minimum absolute atomic E-state index is 0.144. The molecule has 2 heterocycles. The van der Waals surface area contributed by atoms with Crippen LogP contribution in [-0.4, -0.2) is 72.2 Å². The van der Waals surface area contributed by atoms with Gasteiger partial charge < -0.3 is 10.2 Å². The van der Waals surface area contributed by atoms with Gasteiger partial charge >= 0.3 is 0 Å². The zero-order chi connectivity index (χ0) is 16.9. The Bertz CT molecular complexity index is 694. The molecular formula is C17H22ClN5O. The number of likely N-dealkylation sites (N-methyl/N-ethyl adjacent to an activating group) is 1. The average Bonchev–Trinajstić information content (AvgIpc) is 3.07. The maximum Gasteiger partial charge on any atom is 0.269 e. The standard InChI is InChI=1S/C17H22ClN5O/c1-22-8-10-23(11-9-22)7-6-19-17(24)16-12-15(20-21-16)13-4-2-3-5-14(13)18/h2-5,12H,6-11H2,1H3,(H,19,24)(H,20,21). The van der Waals surface area contributed by atoms with E-state index in [9.17, 15) is 4.79 Å². The molecule has 0 atom stereocenters. The summed E-state index contributed by atoms with van der Waals surface area (Å²) in [5.41, 5.74) is 1.93. The highest BCUT2D eigenvalue weighted by Gasteiger charge is 2.15. The smallest absolute Gasteiger partial charge is 0.269 e. The van der Waals surface area contributed by atoms with Crippen molar-refractivity contribution in [1.82, 2.24) is 25.3 Å². The predicted molar refractivity (Wildman–Crippen MR) is 95.3 cm³/mol. The van der Waals surface area contributed by atoms with Crippen LogP contribution in [0.15, 0.2) is 30.3 Å². The molecule has 1 saturated heterocycles. The second-order valence-corrected chi connectivity index (χ2v) is 6.45. The van der Waals surface area contributed by atoms with Crippen molar-refractivity contribution in [2.45, 2.75) is 0 Å². The van der Waals surface area contributed by atoms with Gasteiger partial charge in [0.25, 0.3) is 5.91 Å². The number of carbonyl (C=O) groups excluding carboxylic acids is 1. The predicted octanol–water partition coefficient (Wildman–Crippen LogP) is 1.71. The highest BCUT2D eigenvalue weighted by Crippen LogP contribution is 2.26. The zero-order valence-corrected chi connectivity index (χ0v) is 14.5. The summed E-state index contributed by atoms with van der Waals surface area (Å²) in [4.78, 5) is 16.9. The van der Waals surface area contributed by atoms with E-state index in [4.69, 9.17) is 11.6 Å². The van der Waals surface area contributed by atoms with Crippen LogP contribution in [0, 0.1) is 0 Å². The zero-order valence-electron chi connectivity index (χ0n) is 13.8. The lowest BCUT2D eigenvalue weighted by Gasteiger charge is -2.32. The van der Waals surface area contributed by atoms with Crippen LogP contribution in [0.4, 0.5) is 0 Å². The molecule has 0 spiro atoms. The van der Waals surface area contributed by atoms with Gasteiger partial charge in [0.15, 0.2) is 0 Å². The summed E-state index contributed by atoms with van der Waals surface area (Å²) >= 11 is 6.16. The summed E-state index contributed by atoms with van der Waals surface area (Å²) in [7, 11) is 2.13. The van der Waals surface area contributed by atoms with Gasteiger partial charge in [-0.2, -0.15) is 5.10 Å². The number of carbonyl (C=O) groups is 1. The van der Waals surface area contributed by atoms with Crippen LogP contribution in [0.3, 0.4) is 0 Å². The first-order valence-corrected chi connectivity index (χ1v) is 8.50. The lowest BCUT2D eigenvalue weighted by molar-refractivity contribution is 0.0936. The second kappa shape index (κ2) is 7.79. The first-order chi connectivity index (χ1) is 11.6. The SMILES string of the molecule is CN1CCN(CCNC(=O)c2cc(-c3ccccc3Cl)n[nH]2)CC1. The fraction of sp³-hybridized carbons (Fsp3) is 0.412. The first kappa shape index (κ1) is 17.0. The van der Waals surface area contributed by atoms with E-state index in [0.717, 1.165) is 38.3 Å². The number of rotatable bonds is 5. The van der Waals surface area contributed by atoms with Gasteiger partial charge in [-0.15, -0.1) is 0 Å². The number of aromatic amines is 1. The van der Waals surface area contributed by atoms with Crippen molar-refractivity contribution in [2.75, 3.05) is 46.3 Å². The molecule has 1 fully saturated rings. The monoisotopic (exact) mass is 347 g/mol. The van der Waals surface area contributed by atoms with Gasteiger partial charge in [-0.3, -0.25) is 14.8 Å². The number of amides is 1. The number of nitrogens with one attached hydrogen (secondary N) is 2. The summed E-state index contributed by atoms with van der Waals surface area (Å²) in [5.74, 6) is -0.144. The average molecular weight is 348 g/mol. The number of hydrogen-bond acceptors (Lipinski definition) is 4. The molecule has 6 nitrogen and oxygen atoms in total. The normalized spacial score (nSPS) is 16.2. The van der Waals surface area contributed by atoms with Crippen LogP contribution in [0.5, 0.6) is 0 Å². The van der Waals surface area contributed by atoms with E-state index in [1.165, 1.54) is 0 Å². The molecule has 1 aromatic heterocycles. The molecule has 1 aliphatic rings. The van der Waals surface area contributed by atoms with Crippen LogP contribution < -0.4 is 5.32 Å². The fourth-order valence-electron chi connectivity index (χ4n) is 2.74. The van der Waals surface area contributed by atoms with Gasteiger partial charge in [-0.05, 0) is 19.2 Å². The van der Waals surface area contributed by atoms with Gasteiger partial charge in [0, 0.05) is 44.8 Å². The van der Waals surface area contributed by atoms with Crippen molar-refractivity contribution in [3.8, 4) is 11.3 Å². The molecule has 0 aliphatic carbocycles. The molecule has 24 heavy (non-hydrogen) atoms. The van der Waals surface area contributed by atoms with Crippen LogP contribution >= 0.6 is 11.6 Å². The quantitative estimate of drug-likeness (QED) is 0.864. The summed E-state index contributed by atoms with van der Waals surface area (Å²) in [6.07, 6.45) is 0. The van der Waals surface area contributed by atoms with Gasteiger partial charge in [0.2, 0.25) is 0 Å². The van der Waals surface area contributed by atoms with Crippen molar-refractivity contribution in [3.63, 3.8) is 0 Å². The molecule has 0 radical (unpaired) electrons. The van der Waals surface area contributed by atoms with Crippen molar-refractivity contribution < 1.29 is 4.79 Å². The molecule has 1 amide bonds. The number of H-pyrrole nitrogens is 1. The first-order valence-electron chi connectivity index (χ1n) is 8.13. The van der Waals surface area contributed by atoms with Gasteiger partial charge in [0.05, 0.1) is 10.7 Å². The highest BCUT2D eigenvalue weighted by molar-refractivity contribution is 6.33. The van der Waals surface area contributed by atoms with Crippen LogP contribution in [0.25, 0.3) is 11.3 Å². The minimum atomic E-state index is -0.144. The Morgan fingerprint density at radius 3 is 2.79 bits per heavy atom. The molecule has 0 bridgehead atoms. The molecule has 128 valence electrons. The van der Waals surface area contributed by atoms with E-state index < -0.39 is 0 Å². The van der Waals surface area contributed by atoms with Gasteiger partial charge in [0.1, 0.15) is 5.69 Å². The molecule has 1 aromatic carbocycles. The summed E-state index contributed by atoms with van der Waals surface area (Å²) in [6.45, 7) is 5.75. The highest BCUT2D eigenvalue weighted by atomic mass is 35.5. The van der Waals surface area contributed by atoms with E-state index in [0.29, 0.717) is 23.0 Å². The Morgan fingerprint density at radius 2 is 2.04 bits per heavy atom. The lowest BCUT2D eigenvalue weighted by Crippen LogP contribution is -2.46. The second-order valence-electron chi connectivity index (χ2n) is 6.05. The topological polar surface area (TPSA) is 64.3 Å². The van der Waals surface area contributed by atoms with Crippen LogP contribution in [0.2, 0.25) is 5.02 Å². The Balaban J connectivity index is 1.52. The molecule has 0 unspecified atom stereocenters. The van der Waals surface area contributed by atoms with Crippen molar-refractivity contribution in [2.24, 2.45) is 0 Å². The van der Waals surface area contributed by atoms with Crippen LogP contribution in [0.1, 0.15) is 10.5 Å². The Hall–Kier alpha value is -1.89. The molecule has 7 heteroatoms. The Morgan fingerprint density at radius 1 is 1.29 bits per heavy atom. The van der Waals surface area contributed by atoms with E-state index in [1.807, 2.05) is 18.2 Å². The van der Waals surface area contributed by atoms with E-state index in [-0.39, 0.29) is 5.91 Å². The molecule has 3 rings (SSSR count). The number of halogens is 1. The van der Waals surface area contributed by atoms with E-state index in [2.05, 4.69) is 32.4 Å². The Kier molecular flexibility index (Phi) is 5.50. The number of piperazine rings is 1. The maximum absolute atomic E-state index is 12.2. The molecule has 2 N–H and O–H groups in total. The van der Waals surface area contributed by atoms with Gasteiger partial charge in [-0.1, -0.05) is 29.8 Å². The number of aromatic nitrogens is 2. The third-order valence-corrected chi connectivity index (χ3v) is 4.61. The third kappa shape index (κ3) is 4.14. The fourth-order valence-corrected chi connectivity index (χ4v) is 2.97. The molecule has 0 saturated carbocycles. The summed E-state index contributed by atoms with van der Waals surface area (Å²) in [6, 6.07) is 9.18. The Labute approximate surface area is 146 Å². The van der Waals surface area contributed by atoms with Crippen molar-refractivity contribution >= 4 is 17.5 Å². The van der Waals surface area contributed by atoms with Crippen molar-refractivity contribution in [3.05, 3.63) is 41.0 Å². The van der Waals surface area contributed by atoms with Crippen molar-refractivity contribution in [1.29, 1.82) is 0 Å². The summed E-state index contributed by atoms with van der Waals surface area (Å²) in [5, 5.41) is 10.5. The van der Waals surface area contributed by atoms with E-state index in [1.54, 1.807) is 12.1 Å². The van der Waals surface area contributed by atoms with Crippen LogP contribution in [-0.2, 0) is 0 Å². The summed E-state index contributed by atoms with van der Waals surface area (Å²) < 4.78 is 0. The molecular weight excluding hydrogens is 326 g/mol. The minimum Gasteiger partial charge on any atom is -0.349 e. The lowest BCUT2D eigenvalue weighted by atomic mass is 10.1. The maximum atomic E-state index is 12.2. The number of hydrogen-bond donors (Lipinski definition) is 2. The third-order valence-electron chi connectivity index (χ3n) is 4.28. The van der Waals surface area contributed by atoms with E-state index >= 15 is 0 Å².